The van der Waals surface area contributed by atoms with Crippen LogP contribution in [-0.2, 0) is 10.3 Å². The lowest BCUT2D eigenvalue weighted by Gasteiger charge is -2.25. The molecule has 4 N–H and O–H groups in total. The quantitative estimate of drug-likeness (QED) is 0.825. The number of amides is 1. The molecule has 0 aliphatic rings. The van der Waals surface area contributed by atoms with Gasteiger partial charge in [0.25, 0.3) is 0 Å². The van der Waals surface area contributed by atoms with Gasteiger partial charge in [0.1, 0.15) is 6.61 Å². The van der Waals surface area contributed by atoms with Crippen LogP contribution in [-0.4, -0.2) is 12.7 Å². The van der Waals surface area contributed by atoms with Gasteiger partial charge >= 0.3 is 6.09 Å². The topological polar surface area (TPSA) is 78.3 Å². The van der Waals surface area contributed by atoms with Crippen molar-refractivity contribution in [2.75, 3.05) is 6.61 Å². The summed E-state index contributed by atoms with van der Waals surface area (Å²) in [4.78, 5) is 10.5. The Labute approximate surface area is 93.1 Å². The summed E-state index contributed by atoms with van der Waals surface area (Å²) in [6, 6.07) is 7.13. The first kappa shape index (κ1) is 11.8. The van der Waals surface area contributed by atoms with E-state index in [-0.39, 0.29) is 6.61 Å². The number of carbonyl (C=O) groups is 1. The lowest BCUT2D eigenvalue weighted by atomic mass is 9.94. The highest BCUT2D eigenvalue weighted by Crippen LogP contribution is 2.25. The van der Waals surface area contributed by atoms with Crippen LogP contribution in [0.5, 0.6) is 0 Å². The highest BCUT2D eigenvalue weighted by molar-refractivity contribution is 6.31. The minimum absolute atomic E-state index is 0.00787. The van der Waals surface area contributed by atoms with E-state index >= 15 is 0 Å². The molecule has 0 aromatic heterocycles. The fraction of sp³-hybridized carbons (Fsp3) is 0.300. The smallest absolute Gasteiger partial charge is 0.404 e. The molecular formula is C10H13ClN2O2. The third kappa shape index (κ3) is 3.11. The average Bonchev–Trinajstić information content (AvgIpc) is 2.15. The van der Waals surface area contributed by atoms with Gasteiger partial charge in [0.2, 0.25) is 0 Å². The fourth-order valence-electron chi connectivity index (χ4n) is 1.22. The monoisotopic (exact) mass is 228 g/mol. The first-order chi connectivity index (χ1) is 6.93. The molecule has 82 valence electrons. The van der Waals surface area contributed by atoms with Gasteiger partial charge in [0.05, 0.1) is 5.54 Å². The highest BCUT2D eigenvalue weighted by Gasteiger charge is 2.25. The lowest BCUT2D eigenvalue weighted by Crippen LogP contribution is -2.40. The van der Waals surface area contributed by atoms with Crippen LogP contribution in [0.1, 0.15) is 12.5 Å². The largest absolute Gasteiger partial charge is 0.447 e. The Morgan fingerprint density at radius 1 is 1.53 bits per heavy atom. The Kier molecular flexibility index (Phi) is 3.55. The molecule has 0 heterocycles. The molecule has 0 saturated carbocycles. The molecule has 0 fully saturated rings. The van der Waals surface area contributed by atoms with E-state index in [4.69, 9.17) is 23.1 Å². The summed E-state index contributed by atoms with van der Waals surface area (Å²) in [5, 5.41) is 0.538. The fourth-order valence-corrected chi connectivity index (χ4v) is 1.57. The van der Waals surface area contributed by atoms with Crippen molar-refractivity contribution in [2.45, 2.75) is 12.5 Å². The second kappa shape index (κ2) is 4.51. The van der Waals surface area contributed by atoms with Crippen molar-refractivity contribution >= 4 is 17.7 Å². The molecule has 15 heavy (non-hydrogen) atoms. The summed E-state index contributed by atoms with van der Waals surface area (Å²) in [7, 11) is 0. The number of carbonyl (C=O) groups excluding carboxylic acids is 1. The van der Waals surface area contributed by atoms with Crippen LogP contribution in [0.25, 0.3) is 0 Å². The minimum Gasteiger partial charge on any atom is -0.447 e. The van der Waals surface area contributed by atoms with Crippen LogP contribution < -0.4 is 11.5 Å². The second-order valence-corrected chi connectivity index (χ2v) is 3.91. The van der Waals surface area contributed by atoms with Gasteiger partial charge in [-0.1, -0.05) is 29.8 Å². The Bertz CT molecular complexity index is 366. The van der Waals surface area contributed by atoms with E-state index < -0.39 is 11.6 Å². The molecule has 4 nitrogen and oxygen atoms in total. The van der Waals surface area contributed by atoms with E-state index in [0.717, 1.165) is 0 Å². The third-order valence-electron chi connectivity index (χ3n) is 2.00. The maximum atomic E-state index is 10.5. The van der Waals surface area contributed by atoms with Crippen molar-refractivity contribution in [3.8, 4) is 0 Å². The molecule has 1 aromatic rings. The lowest BCUT2D eigenvalue weighted by molar-refractivity contribution is 0.129. The zero-order chi connectivity index (χ0) is 11.5. The van der Waals surface area contributed by atoms with Crippen LogP contribution >= 0.6 is 11.6 Å². The zero-order valence-electron chi connectivity index (χ0n) is 8.37. The van der Waals surface area contributed by atoms with Crippen molar-refractivity contribution in [1.29, 1.82) is 0 Å². The average molecular weight is 229 g/mol. The molecule has 0 saturated heterocycles. The number of primary amides is 1. The normalized spacial score (nSPS) is 14.3. The van der Waals surface area contributed by atoms with Crippen LogP contribution in [0.4, 0.5) is 4.79 Å². The molecule has 1 atom stereocenters. The number of hydrogen-bond donors (Lipinski definition) is 2. The number of hydrogen-bond acceptors (Lipinski definition) is 3. The Balaban J connectivity index is 2.85. The molecule has 0 unspecified atom stereocenters. The number of ether oxygens (including phenoxy) is 1. The predicted octanol–water partition coefficient (Wildman–Crippen LogP) is 1.61. The molecular weight excluding hydrogens is 216 g/mol. The van der Waals surface area contributed by atoms with Crippen molar-refractivity contribution in [2.24, 2.45) is 11.5 Å². The van der Waals surface area contributed by atoms with Gasteiger partial charge in [-0.05, 0) is 18.6 Å². The maximum absolute atomic E-state index is 10.5. The van der Waals surface area contributed by atoms with Gasteiger partial charge in [-0.25, -0.2) is 4.79 Å². The number of halogens is 1. The maximum Gasteiger partial charge on any atom is 0.404 e. The molecule has 1 rings (SSSR count). The first-order valence-corrected chi connectivity index (χ1v) is 4.77. The second-order valence-electron chi connectivity index (χ2n) is 3.51. The van der Waals surface area contributed by atoms with Gasteiger partial charge in [-0.3, -0.25) is 0 Å². The number of benzene rings is 1. The van der Waals surface area contributed by atoms with Crippen molar-refractivity contribution in [3.05, 3.63) is 34.9 Å². The van der Waals surface area contributed by atoms with Gasteiger partial charge < -0.3 is 16.2 Å². The van der Waals surface area contributed by atoms with E-state index in [2.05, 4.69) is 4.74 Å². The van der Waals surface area contributed by atoms with Crippen LogP contribution in [0.3, 0.4) is 0 Å². The molecule has 1 aromatic carbocycles. The van der Waals surface area contributed by atoms with E-state index in [1.54, 1.807) is 25.1 Å². The van der Waals surface area contributed by atoms with Gasteiger partial charge in [-0.2, -0.15) is 0 Å². The first-order valence-electron chi connectivity index (χ1n) is 4.39. The number of nitrogens with two attached hydrogens (primary N) is 2. The molecule has 0 aliphatic heterocycles. The summed E-state index contributed by atoms with van der Waals surface area (Å²) >= 11 is 5.97. The Morgan fingerprint density at radius 2 is 2.13 bits per heavy atom. The summed E-state index contributed by atoms with van der Waals surface area (Å²) in [6.45, 7) is 1.71. The molecule has 0 spiro atoms. The predicted molar refractivity (Wildman–Crippen MR) is 58.5 cm³/mol. The molecule has 0 aliphatic carbocycles. The van der Waals surface area contributed by atoms with Crippen LogP contribution in [0, 0.1) is 0 Å². The van der Waals surface area contributed by atoms with Crippen molar-refractivity contribution in [3.63, 3.8) is 0 Å². The van der Waals surface area contributed by atoms with E-state index in [1.807, 2.05) is 6.07 Å². The van der Waals surface area contributed by atoms with E-state index in [9.17, 15) is 4.79 Å². The third-order valence-corrected chi connectivity index (χ3v) is 2.33. The minimum atomic E-state index is -0.848. The highest BCUT2D eigenvalue weighted by atomic mass is 35.5. The van der Waals surface area contributed by atoms with Crippen LogP contribution in [0.15, 0.2) is 24.3 Å². The van der Waals surface area contributed by atoms with Crippen molar-refractivity contribution in [1.82, 2.24) is 0 Å². The van der Waals surface area contributed by atoms with E-state index in [0.29, 0.717) is 10.6 Å². The van der Waals surface area contributed by atoms with Gasteiger partial charge in [-0.15, -0.1) is 0 Å². The van der Waals surface area contributed by atoms with Crippen molar-refractivity contribution < 1.29 is 9.53 Å². The SMILES string of the molecule is C[C@](N)(COC(N)=O)c1ccccc1Cl. The zero-order valence-corrected chi connectivity index (χ0v) is 9.12. The molecule has 1 amide bonds. The number of rotatable bonds is 3. The molecule has 0 radical (unpaired) electrons. The van der Waals surface area contributed by atoms with Crippen LogP contribution in [0.2, 0.25) is 5.02 Å². The standard InChI is InChI=1S/C10H13ClN2O2/c1-10(13,6-15-9(12)14)7-4-2-3-5-8(7)11/h2-5H,6,13H2,1H3,(H2,12,14)/t10-/m0/s1. The summed E-state index contributed by atoms with van der Waals surface area (Å²) < 4.78 is 4.67. The Hall–Kier alpha value is -1.26. The summed E-state index contributed by atoms with van der Waals surface area (Å²) in [5.74, 6) is 0. The molecule has 0 bridgehead atoms. The van der Waals surface area contributed by atoms with E-state index in [1.165, 1.54) is 0 Å². The Morgan fingerprint density at radius 3 is 2.67 bits per heavy atom. The van der Waals surface area contributed by atoms with Gasteiger partial charge in [0, 0.05) is 5.02 Å². The summed E-state index contributed by atoms with van der Waals surface area (Å²) in [5.41, 5.74) is 10.7. The van der Waals surface area contributed by atoms with Gasteiger partial charge in [0.15, 0.2) is 0 Å². The molecule has 5 heteroatoms. The summed E-state index contributed by atoms with van der Waals surface area (Å²) in [6.07, 6.45) is -0.848.